The van der Waals surface area contributed by atoms with Crippen molar-refractivity contribution in [2.45, 2.75) is 31.8 Å². The van der Waals surface area contributed by atoms with Gasteiger partial charge in [0.1, 0.15) is 10.7 Å². The maximum Gasteiger partial charge on any atom is 0.317 e. The van der Waals surface area contributed by atoms with Crippen molar-refractivity contribution in [1.82, 2.24) is 34.9 Å². The van der Waals surface area contributed by atoms with Crippen LogP contribution in [0.3, 0.4) is 0 Å². The van der Waals surface area contributed by atoms with Crippen LogP contribution in [0.15, 0.2) is 42.4 Å². The number of likely N-dealkylation sites (tertiary alicyclic amines) is 1. The minimum absolute atomic E-state index is 0.00552. The van der Waals surface area contributed by atoms with Gasteiger partial charge in [0, 0.05) is 49.7 Å². The second kappa shape index (κ2) is 8.26. The molecule has 0 bridgehead atoms. The number of amides is 2. The number of carbonyl (C=O) groups is 1. The molecular weight excluding hydrogens is 362 g/mol. The zero-order chi connectivity index (χ0) is 18.5. The molecule has 1 fully saturated rings. The summed E-state index contributed by atoms with van der Waals surface area (Å²) in [6, 6.07) is 2.10. The van der Waals surface area contributed by atoms with Crippen molar-refractivity contribution < 1.29 is 4.79 Å². The van der Waals surface area contributed by atoms with Crippen LogP contribution in [0, 0.1) is 0 Å². The van der Waals surface area contributed by atoms with Gasteiger partial charge >= 0.3 is 6.03 Å². The number of urea groups is 1. The summed E-state index contributed by atoms with van der Waals surface area (Å²) in [5.74, 6) is 0. The largest absolute Gasteiger partial charge is 0.338 e. The summed E-state index contributed by atoms with van der Waals surface area (Å²) in [6.45, 7) is 2.10. The van der Waals surface area contributed by atoms with E-state index in [-0.39, 0.29) is 12.1 Å². The van der Waals surface area contributed by atoms with Gasteiger partial charge in [-0.15, -0.1) is 11.3 Å². The molecule has 1 aliphatic heterocycles. The third kappa shape index (κ3) is 4.30. The first kappa shape index (κ1) is 17.6. The minimum atomic E-state index is -0.00552. The van der Waals surface area contributed by atoms with Gasteiger partial charge in [-0.3, -0.25) is 14.6 Å². The molecule has 8 nitrogen and oxygen atoms in total. The molecule has 0 saturated carbocycles. The third-order valence-corrected chi connectivity index (χ3v) is 5.50. The van der Waals surface area contributed by atoms with E-state index in [9.17, 15) is 4.79 Å². The average molecular weight is 383 g/mol. The number of nitrogens with zero attached hydrogens (tertiary/aromatic N) is 6. The topological polar surface area (TPSA) is 88.8 Å². The molecule has 0 aliphatic carbocycles. The van der Waals surface area contributed by atoms with Crippen LogP contribution in [0.25, 0.3) is 10.7 Å². The summed E-state index contributed by atoms with van der Waals surface area (Å²) in [5.41, 5.74) is 1.73. The summed E-state index contributed by atoms with van der Waals surface area (Å²) in [4.78, 5) is 27.4. The first-order valence-electron chi connectivity index (χ1n) is 9.02. The summed E-state index contributed by atoms with van der Waals surface area (Å²) >= 11 is 1.54. The Bertz CT molecular complexity index is 865. The highest BCUT2D eigenvalue weighted by Gasteiger charge is 2.28. The predicted molar refractivity (Wildman–Crippen MR) is 102 cm³/mol. The highest BCUT2D eigenvalue weighted by molar-refractivity contribution is 7.13. The van der Waals surface area contributed by atoms with Gasteiger partial charge in [-0.1, -0.05) is 0 Å². The lowest BCUT2D eigenvalue weighted by Crippen LogP contribution is -2.44. The number of nitrogens with one attached hydrogen (secondary N) is 1. The number of carbonyl (C=O) groups excluding carboxylic acids is 1. The van der Waals surface area contributed by atoms with E-state index in [0.29, 0.717) is 13.0 Å². The Hall–Kier alpha value is -2.81. The fraction of sp³-hybridized carbons (Fsp3) is 0.389. The van der Waals surface area contributed by atoms with E-state index in [1.54, 1.807) is 36.1 Å². The van der Waals surface area contributed by atoms with Crippen molar-refractivity contribution in [3.05, 3.63) is 48.1 Å². The lowest BCUT2D eigenvalue weighted by atomic mass is 10.2. The molecule has 1 atom stereocenters. The first-order chi connectivity index (χ1) is 13.3. The van der Waals surface area contributed by atoms with Crippen molar-refractivity contribution in [3.63, 3.8) is 0 Å². The molecule has 9 heteroatoms. The molecule has 140 valence electrons. The molecule has 27 heavy (non-hydrogen) atoms. The third-order valence-electron chi connectivity index (χ3n) is 4.59. The maximum atomic E-state index is 12.6. The van der Waals surface area contributed by atoms with Crippen molar-refractivity contribution in [1.29, 1.82) is 0 Å². The summed E-state index contributed by atoms with van der Waals surface area (Å²) in [7, 11) is 0. The van der Waals surface area contributed by atoms with Crippen LogP contribution in [-0.2, 0) is 13.0 Å². The molecule has 3 aromatic heterocycles. The Morgan fingerprint density at radius 3 is 3.11 bits per heavy atom. The van der Waals surface area contributed by atoms with Crippen molar-refractivity contribution in [3.8, 4) is 10.7 Å². The molecule has 0 radical (unpaired) electrons. The molecular formula is C18H21N7OS. The van der Waals surface area contributed by atoms with Gasteiger partial charge in [0.05, 0.1) is 24.5 Å². The number of aromatic nitrogens is 5. The van der Waals surface area contributed by atoms with Crippen LogP contribution in [0.5, 0.6) is 0 Å². The fourth-order valence-corrected chi connectivity index (χ4v) is 4.08. The van der Waals surface area contributed by atoms with Crippen LogP contribution >= 0.6 is 11.3 Å². The fourth-order valence-electron chi connectivity index (χ4n) is 3.27. The summed E-state index contributed by atoms with van der Waals surface area (Å²) in [6.07, 6.45) is 11.5. The second-order valence-electron chi connectivity index (χ2n) is 6.43. The van der Waals surface area contributed by atoms with Gasteiger partial charge in [-0.2, -0.15) is 5.10 Å². The normalized spacial score (nSPS) is 16.6. The molecule has 1 aliphatic rings. The number of hydrogen-bond acceptors (Lipinski definition) is 6. The lowest BCUT2D eigenvalue weighted by Gasteiger charge is -2.25. The highest BCUT2D eigenvalue weighted by atomic mass is 32.1. The van der Waals surface area contributed by atoms with E-state index in [1.165, 1.54) is 0 Å². The van der Waals surface area contributed by atoms with Crippen LogP contribution in [0.1, 0.15) is 18.5 Å². The van der Waals surface area contributed by atoms with Crippen LogP contribution < -0.4 is 5.32 Å². The molecule has 1 unspecified atom stereocenters. The summed E-state index contributed by atoms with van der Waals surface area (Å²) < 4.78 is 1.89. The van der Waals surface area contributed by atoms with E-state index in [1.807, 2.05) is 27.2 Å². The quantitative estimate of drug-likeness (QED) is 0.705. The molecule has 0 spiro atoms. The predicted octanol–water partition coefficient (Wildman–Crippen LogP) is 2.21. The van der Waals surface area contributed by atoms with Crippen LogP contribution in [0.2, 0.25) is 0 Å². The SMILES string of the molecule is O=C(NCCc1csc(-c2cnccn2)n1)N1CCCC1Cn1cccn1. The summed E-state index contributed by atoms with van der Waals surface area (Å²) in [5, 5.41) is 10.1. The van der Waals surface area contributed by atoms with Crippen LogP contribution in [0.4, 0.5) is 4.79 Å². The van der Waals surface area contributed by atoms with E-state index in [2.05, 4.69) is 25.4 Å². The van der Waals surface area contributed by atoms with Gasteiger partial charge in [0.2, 0.25) is 0 Å². The minimum Gasteiger partial charge on any atom is -0.338 e. The first-order valence-corrected chi connectivity index (χ1v) is 9.90. The Morgan fingerprint density at radius 2 is 2.30 bits per heavy atom. The highest BCUT2D eigenvalue weighted by Crippen LogP contribution is 2.21. The van der Waals surface area contributed by atoms with E-state index >= 15 is 0 Å². The van der Waals surface area contributed by atoms with E-state index in [4.69, 9.17) is 0 Å². The molecule has 2 amide bonds. The molecule has 4 rings (SSSR count). The van der Waals surface area contributed by atoms with E-state index in [0.717, 1.165) is 42.3 Å². The van der Waals surface area contributed by atoms with Gasteiger partial charge < -0.3 is 10.2 Å². The molecule has 3 aromatic rings. The molecule has 1 N–H and O–H groups in total. The standard InChI is InChI=1S/C18H21N7OS/c26-18(25-10-1-3-15(25)12-24-9-2-5-22-24)21-6-4-14-13-27-17(23-14)16-11-19-7-8-20-16/h2,5,7-9,11,13,15H,1,3-4,6,10,12H2,(H,21,26). The number of hydrogen-bond donors (Lipinski definition) is 1. The Morgan fingerprint density at radius 1 is 1.33 bits per heavy atom. The van der Waals surface area contributed by atoms with Crippen LogP contribution in [-0.4, -0.2) is 54.8 Å². The average Bonchev–Trinajstić information content (AvgIpc) is 3.45. The second-order valence-corrected chi connectivity index (χ2v) is 7.29. The molecule has 0 aromatic carbocycles. The lowest BCUT2D eigenvalue weighted by molar-refractivity contribution is 0.186. The van der Waals surface area contributed by atoms with Gasteiger partial charge in [0.15, 0.2) is 0 Å². The Balaban J connectivity index is 1.27. The van der Waals surface area contributed by atoms with Crippen molar-refractivity contribution >= 4 is 17.4 Å². The smallest absolute Gasteiger partial charge is 0.317 e. The number of rotatable bonds is 6. The van der Waals surface area contributed by atoms with Crippen molar-refractivity contribution in [2.24, 2.45) is 0 Å². The van der Waals surface area contributed by atoms with E-state index < -0.39 is 0 Å². The van der Waals surface area contributed by atoms with Gasteiger partial charge in [-0.05, 0) is 18.9 Å². The zero-order valence-corrected chi connectivity index (χ0v) is 15.7. The maximum absolute atomic E-state index is 12.6. The number of thiazole rings is 1. The zero-order valence-electron chi connectivity index (χ0n) is 14.9. The van der Waals surface area contributed by atoms with Gasteiger partial charge in [-0.25, -0.2) is 9.78 Å². The Kier molecular flexibility index (Phi) is 5.38. The Labute approximate surface area is 161 Å². The monoisotopic (exact) mass is 383 g/mol. The van der Waals surface area contributed by atoms with Crippen molar-refractivity contribution in [2.75, 3.05) is 13.1 Å². The van der Waals surface area contributed by atoms with Gasteiger partial charge in [0.25, 0.3) is 0 Å². The molecule has 4 heterocycles. The molecule has 1 saturated heterocycles.